The normalized spacial score (nSPS) is 12.3. The number of primary sulfonamides is 1. The van der Waals surface area contributed by atoms with Gasteiger partial charge in [-0.1, -0.05) is 24.3 Å². The number of carbonyl (C=O) groups excluding carboxylic acids is 3. The molecular formula is C28H42N10O6S. The van der Waals surface area contributed by atoms with Crippen LogP contribution in [0.4, 0.5) is 0 Å². The van der Waals surface area contributed by atoms with Gasteiger partial charge in [-0.25, -0.2) is 18.5 Å². The smallest absolute Gasteiger partial charge is 0.245 e. The number of guanidine groups is 2. The Balaban J connectivity index is 2.07. The van der Waals surface area contributed by atoms with E-state index >= 15 is 0 Å². The first-order chi connectivity index (χ1) is 21.2. The van der Waals surface area contributed by atoms with E-state index in [9.17, 15) is 27.9 Å². The van der Waals surface area contributed by atoms with Crippen LogP contribution in [0.3, 0.4) is 0 Å². The van der Waals surface area contributed by atoms with Gasteiger partial charge in [0.25, 0.3) is 0 Å². The maximum atomic E-state index is 13.3. The molecule has 0 aromatic heterocycles. The van der Waals surface area contributed by atoms with Crippen molar-refractivity contribution < 1.29 is 27.9 Å². The Morgan fingerprint density at radius 2 is 1.56 bits per heavy atom. The third-order valence-corrected chi connectivity index (χ3v) is 7.55. The number of nitrogens with two attached hydrogens (primary N) is 5. The fourth-order valence-electron chi connectivity index (χ4n) is 4.24. The van der Waals surface area contributed by atoms with E-state index in [-0.39, 0.29) is 54.4 Å². The van der Waals surface area contributed by atoms with Gasteiger partial charge >= 0.3 is 0 Å². The lowest BCUT2D eigenvalue weighted by molar-refractivity contribution is -0.134. The maximum absolute atomic E-state index is 13.3. The molecule has 0 unspecified atom stereocenters. The predicted molar refractivity (Wildman–Crippen MR) is 170 cm³/mol. The molecule has 45 heavy (non-hydrogen) atoms. The van der Waals surface area contributed by atoms with Crippen molar-refractivity contribution in [3.05, 3.63) is 59.7 Å². The van der Waals surface area contributed by atoms with Gasteiger partial charge in [0.05, 0.1) is 11.4 Å². The molecule has 2 aromatic carbocycles. The average molecular weight is 647 g/mol. The predicted octanol–water partition coefficient (Wildman–Crippen LogP) is -2.03. The Bertz CT molecular complexity index is 1460. The molecule has 0 aliphatic rings. The van der Waals surface area contributed by atoms with Gasteiger partial charge in [-0.05, 0) is 61.6 Å². The van der Waals surface area contributed by atoms with E-state index in [0.717, 1.165) is 5.56 Å². The van der Waals surface area contributed by atoms with Gasteiger partial charge in [-0.2, -0.15) is 0 Å². The van der Waals surface area contributed by atoms with E-state index in [1.807, 2.05) is 0 Å². The second-order valence-electron chi connectivity index (χ2n) is 10.1. The highest BCUT2D eigenvalue weighted by Crippen LogP contribution is 2.13. The standard InChI is InChI=1S/C28H42N10O6S/c1-2-38(15-13-18-7-11-21(12-8-18)45(33,43)44)24(40)17-35-25(41)22(4-3-14-34-27(29)30)36-26(42)23(37-28(31)32)16-19-5-9-20(39)10-6-19/h5-12,22-23,39H,2-4,13-17H2,1H3,(H,35,41)(H,36,42)(H4,29,30,34)(H4,31,32,37)(H2,33,43,44)/t22-,23+/m1/s1. The van der Waals surface area contributed by atoms with Crippen molar-refractivity contribution in [1.82, 2.24) is 15.5 Å². The molecule has 0 spiro atoms. The number of likely N-dealkylation sites (N-methyl/N-ethyl adjacent to an activating group) is 1. The summed E-state index contributed by atoms with van der Waals surface area (Å²) in [6, 6.07) is 10.0. The summed E-state index contributed by atoms with van der Waals surface area (Å²) in [7, 11) is -3.81. The first kappa shape index (κ1) is 36.3. The monoisotopic (exact) mass is 646 g/mol. The number of phenolic OH excluding ortho intramolecular Hbond substituents is 1. The van der Waals surface area contributed by atoms with Crippen LogP contribution < -0.4 is 38.7 Å². The first-order valence-electron chi connectivity index (χ1n) is 14.1. The summed E-state index contributed by atoms with van der Waals surface area (Å²) in [5.74, 6) is -1.99. The van der Waals surface area contributed by atoms with Crippen LogP contribution in [0, 0.1) is 0 Å². The number of nitrogens with one attached hydrogen (secondary N) is 2. The van der Waals surface area contributed by atoms with Crippen LogP contribution >= 0.6 is 0 Å². The molecule has 2 rings (SSSR count). The minimum absolute atomic E-state index is 0.0118. The number of phenols is 1. The molecular weight excluding hydrogens is 604 g/mol. The van der Waals surface area contributed by atoms with E-state index in [4.69, 9.17) is 28.1 Å². The number of carbonyl (C=O) groups is 3. The number of rotatable bonds is 17. The van der Waals surface area contributed by atoms with E-state index in [1.165, 1.54) is 29.2 Å². The molecule has 17 heteroatoms. The summed E-state index contributed by atoms with van der Waals surface area (Å²) in [5, 5.41) is 19.9. The highest BCUT2D eigenvalue weighted by Gasteiger charge is 2.26. The molecule has 246 valence electrons. The van der Waals surface area contributed by atoms with Crippen LogP contribution in [-0.2, 0) is 37.2 Å². The van der Waals surface area contributed by atoms with Gasteiger partial charge in [-0.3, -0.25) is 19.4 Å². The van der Waals surface area contributed by atoms with Crippen molar-refractivity contribution in [3.63, 3.8) is 0 Å². The van der Waals surface area contributed by atoms with E-state index in [0.29, 0.717) is 31.5 Å². The number of aliphatic imine (C=N–C) groups is 2. The molecule has 0 heterocycles. The lowest BCUT2D eigenvalue weighted by atomic mass is 10.0. The Morgan fingerprint density at radius 3 is 2.11 bits per heavy atom. The third-order valence-electron chi connectivity index (χ3n) is 6.62. The summed E-state index contributed by atoms with van der Waals surface area (Å²) in [4.78, 5) is 48.8. The summed E-state index contributed by atoms with van der Waals surface area (Å²) in [6.45, 7) is 2.33. The van der Waals surface area contributed by atoms with E-state index in [1.54, 1.807) is 31.2 Å². The maximum Gasteiger partial charge on any atom is 0.245 e. The third kappa shape index (κ3) is 13.1. The number of benzene rings is 2. The molecule has 0 radical (unpaired) electrons. The summed E-state index contributed by atoms with van der Waals surface area (Å²) in [5.41, 5.74) is 23.3. The van der Waals surface area contributed by atoms with Crippen LogP contribution in [0.25, 0.3) is 0 Å². The average Bonchev–Trinajstić information content (AvgIpc) is 2.97. The number of hydrogen-bond donors (Lipinski definition) is 8. The molecule has 2 aromatic rings. The zero-order valence-electron chi connectivity index (χ0n) is 25.1. The lowest BCUT2D eigenvalue weighted by Crippen LogP contribution is -2.52. The van der Waals surface area contributed by atoms with Crippen LogP contribution in [0.1, 0.15) is 30.9 Å². The second kappa shape index (κ2) is 17.4. The SMILES string of the molecule is CCN(CCc1ccc(S(N)(=O)=O)cc1)C(=O)CNC(=O)[C@@H](CCCN=C(N)N)NC(=O)[C@H](Cc1ccc(O)cc1)N=C(N)N. The van der Waals surface area contributed by atoms with Crippen molar-refractivity contribution in [2.24, 2.45) is 38.1 Å². The Kier molecular flexibility index (Phi) is 14.0. The zero-order chi connectivity index (χ0) is 33.6. The molecule has 16 nitrogen and oxygen atoms in total. The Labute approximate surface area is 262 Å². The lowest BCUT2D eigenvalue weighted by Gasteiger charge is -2.23. The second-order valence-corrected chi connectivity index (χ2v) is 11.6. The molecule has 3 amide bonds. The topological polar surface area (TPSA) is 288 Å². The highest BCUT2D eigenvalue weighted by molar-refractivity contribution is 7.89. The van der Waals surface area contributed by atoms with Gasteiger partial charge < -0.3 is 43.6 Å². The minimum Gasteiger partial charge on any atom is -0.508 e. The first-order valence-corrected chi connectivity index (χ1v) is 15.6. The van der Waals surface area contributed by atoms with Crippen molar-refractivity contribution in [2.75, 3.05) is 26.2 Å². The molecule has 0 saturated heterocycles. The van der Waals surface area contributed by atoms with Crippen molar-refractivity contribution >= 4 is 39.7 Å². The Hall–Kier alpha value is -4.90. The largest absolute Gasteiger partial charge is 0.508 e. The number of sulfonamides is 1. The highest BCUT2D eigenvalue weighted by atomic mass is 32.2. The van der Waals surface area contributed by atoms with Gasteiger partial charge in [0, 0.05) is 26.1 Å². The molecule has 0 aliphatic carbocycles. The number of hydrogen-bond acceptors (Lipinski definition) is 8. The molecule has 13 N–H and O–H groups in total. The molecule has 0 fully saturated rings. The quantitative estimate of drug-likeness (QED) is 0.0530. The summed E-state index contributed by atoms with van der Waals surface area (Å²) >= 11 is 0. The van der Waals surface area contributed by atoms with Gasteiger partial charge in [-0.15, -0.1) is 0 Å². The molecule has 2 atom stereocenters. The number of amides is 3. The van der Waals surface area contributed by atoms with Crippen LogP contribution in [-0.4, -0.2) is 86.3 Å². The number of nitrogens with zero attached hydrogens (tertiary/aromatic N) is 3. The van der Waals surface area contributed by atoms with Crippen molar-refractivity contribution in [2.45, 2.75) is 49.6 Å². The van der Waals surface area contributed by atoms with Crippen LogP contribution in [0.15, 0.2) is 63.4 Å². The van der Waals surface area contributed by atoms with Crippen molar-refractivity contribution in [3.8, 4) is 5.75 Å². The van der Waals surface area contributed by atoms with E-state index in [2.05, 4.69) is 20.6 Å². The fourth-order valence-corrected chi connectivity index (χ4v) is 4.75. The molecule has 0 bridgehead atoms. The summed E-state index contributed by atoms with van der Waals surface area (Å²) in [6.07, 6.45) is 0.999. The minimum atomic E-state index is -3.81. The van der Waals surface area contributed by atoms with E-state index < -0.39 is 33.9 Å². The van der Waals surface area contributed by atoms with Gasteiger partial charge in [0.15, 0.2) is 11.9 Å². The number of aromatic hydroxyl groups is 1. The summed E-state index contributed by atoms with van der Waals surface area (Å²) < 4.78 is 22.9. The molecule has 0 saturated carbocycles. The molecule has 0 aliphatic heterocycles. The van der Waals surface area contributed by atoms with Gasteiger partial charge in [0.2, 0.25) is 27.7 Å². The van der Waals surface area contributed by atoms with Crippen LogP contribution in [0.2, 0.25) is 0 Å². The van der Waals surface area contributed by atoms with Crippen LogP contribution in [0.5, 0.6) is 5.75 Å². The Morgan fingerprint density at radius 1 is 0.933 bits per heavy atom. The fraction of sp³-hybridized carbons (Fsp3) is 0.393. The van der Waals surface area contributed by atoms with Crippen molar-refractivity contribution in [1.29, 1.82) is 0 Å². The zero-order valence-corrected chi connectivity index (χ0v) is 25.9. The van der Waals surface area contributed by atoms with Gasteiger partial charge in [0.1, 0.15) is 17.8 Å².